The van der Waals surface area contributed by atoms with Crippen LogP contribution in [0.15, 0.2) is 41.4 Å². The fourth-order valence-corrected chi connectivity index (χ4v) is 4.19. The number of piperidine rings is 1. The molecule has 2 aromatic rings. The molecule has 1 aliphatic heterocycles. The lowest BCUT2D eigenvalue weighted by atomic mass is 9.98. The summed E-state index contributed by atoms with van der Waals surface area (Å²) < 4.78 is 29.3. The second kappa shape index (κ2) is 8.00. The summed E-state index contributed by atoms with van der Waals surface area (Å²) in [5, 5.41) is 6.36. The van der Waals surface area contributed by atoms with Gasteiger partial charge in [0.05, 0.1) is 6.61 Å². The number of nitrogens with two attached hydrogens (primary N) is 1. The Balaban J connectivity index is 1.60. The Labute approximate surface area is 162 Å². The van der Waals surface area contributed by atoms with Crippen LogP contribution in [0.25, 0.3) is 0 Å². The van der Waals surface area contributed by atoms with Crippen molar-refractivity contribution >= 4 is 39.0 Å². The van der Waals surface area contributed by atoms with Gasteiger partial charge in [0.15, 0.2) is 0 Å². The van der Waals surface area contributed by atoms with Crippen LogP contribution in [0.4, 0.5) is 5.82 Å². The lowest BCUT2D eigenvalue weighted by Gasteiger charge is -2.33. The normalized spacial score (nSPS) is 15.9. The van der Waals surface area contributed by atoms with Gasteiger partial charge in [0, 0.05) is 29.3 Å². The van der Waals surface area contributed by atoms with Crippen LogP contribution < -0.4 is 14.8 Å². The maximum atomic E-state index is 11.7. The number of nitrogens with zero attached hydrogens (tertiary/aromatic N) is 2. The summed E-state index contributed by atoms with van der Waals surface area (Å²) in [4.78, 5) is 6.22. The molecule has 0 bridgehead atoms. The number of anilines is 1. The summed E-state index contributed by atoms with van der Waals surface area (Å²) in [5.41, 5.74) is 0. The van der Waals surface area contributed by atoms with Gasteiger partial charge in [-0.1, -0.05) is 23.2 Å². The molecule has 0 saturated carbocycles. The number of ether oxygens (including phenoxy) is 1. The Morgan fingerprint density at radius 1 is 1.19 bits per heavy atom. The molecule has 1 aromatic carbocycles. The largest absolute Gasteiger partial charge is 0.493 e. The highest BCUT2D eigenvalue weighted by Gasteiger charge is 2.25. The van der Waals surface area contributed by atoms with Gasteiger partial charge in [0.1, 0.15) is 16.5 Å². The van der Waals surface area contributed by atoms with E-state index in [1.807, 2.05) is 4.90 Å². The minimum Gasteiger partial charge on any atom is -0.493 e. The van der Waals surface area contributed by atoms with Crippen molar-refractivity contribution < 1.29 is 13.2 Å². The zero-order valence-corrected chi connectivity index (χ0v) is 16.3. The maximum Gasteiger partial charge on any atom is 0.241 e. The Bertz CT molecular complexity index is 864. The first-order chi connectivity index (χ1) is 12.3. The number of pyridine rings is 1. The van der Waals surface area contributed by atoms with Crippen LogP contribution in [0.1, 0.15) is 12.8 Å². The van der Waals surface area contributed by atoms with E-state index >= 15 is 0 Å². The number of aromatic nitrogens is 1. The minimum absolute atomic E-state index is 0.0586. The zero-order chi connectivity index (χ0) is 18.7. The molecule has 1 saturated heterocycles. The van der Waals surface area contributed by atoms with Crippen LogP contribution in [0.3, 0.4) is 0 Å². The third-order valence-corrected chi connectivity index (χ3v) is 5.66. The van der Waals surface area contributed by atoms with Crippen molar-refractivity contribution in [1.82, 2.24) is 4.98 Å². The van der Waals surface area contributed by atoms with E-state index in [-0.39, 0.29) is 4.90 Å². The molecule has 1 fully saturated rings. The molecule has 0 unspecified atom stereocenters. The van der Waals surface area contributed by atoms with E-state index in [0.717, 1.165) is 12.8 Å². The molecule has 0 radical (unpaired) electrons. The number of sulfonamides is 1. The number of halogens is 2. The summed E-state index contributed by atoms with van der Waals surface area (Å²) >= 11 is 11.9. The number of rotatable bonds is 5. The molecule has 0 amide bonds. The van der Waals surface area contributed by atoms with E-state index < -0.39 is 10.0 Å². The molecule has 1 aliphatic rings. The van der Waals surface area contributed by atoms with Crippen molar-refractivity contribution in [2.45, 2.75) is 17.7 Å². The molecule has 3 rings (SSSR count). The topological polar surface area (TPSA) is 85.5 Å². The standard InChI is InChI=1S/C17H19Cl2N3O3S/c18-13-8-14(19)10-15(9-13)25-11-12-3-6-22(7-4-12)17-16(26(20,23)24)2-1-5-21-17/h1-2,5,8-10,12H,3-4,6-7,11H2,(H2,20,23,24). The number of hydrogen-bond donors (Lipinski definition) is 1. The molecule has 1 aromatic heterocycles. The van der Waals surface area contributed by atoms with E-state index in [1.54, 1.807) is 30.5 Å². The average molecular weight is 416 g/mol. The summed E-state index contributed by atoms with van der Waals surface area (Å²) in [5.74, 6) is 1.41. The van der Waals surface area contributed by atoms with Crippen LogP contribution in [0, 0.1) is 5.92 Å². The molecular weight excluding hydrogens is 397 g/mol. The molecule has 9 heteroatoms. The molecule has 26 heavy (non-hydrogen) atoms. The average Bonchev–Trinajstić information content (AvgIpc) is 2.59. The van der Waals surface area contributed by atoms with E-state index in [1.165, 1.54) is 6.07 Å². The first-order valence-electron chi connectivity index (χ1n) is 8.14. The van der Waals surface area contributed by atoms with Crippen LogP contribution in [-0.4, -0.2) is 33.1 Å². The van der Waals surface area contributed by atoms with Crippen molar-refractivity contribution in [2.24, 2.45) is 11.1 Å². The molecule has 0 atom stereocenters. The van der Waals surface area contributed by atoms with Crippen molar-refractivity contribution in [2.75, 3.05) is 24.6 Å². The van der Waals surface area contributed by atoms with E-state index in [0.29, 0.717) is 47.2 Å². The zero-order valence-electron chi connectivity index (χ0n) is 13.9. The predicted molar refractivity (Wildman–Crippen MR) is 103 cm³/mol. The molecule has 2 N–H and O–H groups in total. The highest BCUT2D eigenvalue weighted by atomic mass is 35.5. The van der Waals surface area contributed by atoms with Gasteiger partial charge < -0.3 is 9.64 Å². The number of benzene rings is 1. The lowest BCUT2D eigenvalue weighted by Crippen LogP contribution is -2.37. The van der Waals surface area contributed by atoms with E-state index in [9.17, 15) is 8.42 Å². The van der Waals surface area contributed by atoms with Crippen LogP contribution in [0.2, 0.25) is 10.0 Å². The van der Waals surface area contributed by atoms with Gasteiger partial charge in [0.2, 0.25) is 10.0 Å². The molecular formula is C17H19Cl2N3O3S. The van der Waals surface area contributed by atoms with Crippen molar-refractivity contribution in [3.05, 3.63) is 46.6 Å². The second-order valence-electron chi connectivity index (χ2n) is 6.22. The van der Waals surface area contributed by atoms with Crippen LogP contribution in [-0.2, 0) is 10.0 Å². The highest BCUT2D eigenvalue weighted by molar-refractivity contribution is 7.89. The fraction of sp³-hybridized carbons (Fsp3) is 0.353. The van der Waals surface area contributed by atoms with Gasteiger partial charge in [-0.25, -0.2) is 18.5 Å². The third-order valence-electron chi connectivity index (χ3n) is 4.29. The number of primary sulfonamides is 1. The SMILES string of the molecule is NS(=O)(=O)c1cccnc1N1CCC(COc2cc(Cl)cc(Cl)c2)CC1. The van der Waals surface area contributed by atoms with Crippen LogP contribution in [0.5, 0.6) is 5.75 Å². The molecule has 140 valence electrons. The van der Waals surface area contributed by atoms with Gasteiger partial charge in [-0.15, -0.1) is 0 Å². The van der Waals surface area contributed by atoms with Crippen molar-refractivity contribution in [3.8, 4) is 5.75 Å². The molecule has 0 aliphatic carbocycles. The second-order valence-corrected chi connectivity index (χ2v) is 8.62. The quantitative estimate of drug-likeness (QED) is 0.808. The number of hydrogen-bond acceptors (Lipinski definition) is 5. The van der Waals surface area contributed by atoms with E-state index in [4.69, 9.17) is 33.1 Å². The van der Waals surface area contributed by atoms with E-state index in [2.05, 4.69) is 4.98 Å². The Morgan fingerprint density at radius 2 is 1.85 bits per heavy atom. The monoisotopic (exact) mass is 415 g/mol. The van der Waals surface area contributed by atoms with Gasteiger partial charge in [-0.3, -0.25) is 0 Å². The Morgan fingerprint density at radius 3 is 2.46 bits per heavy atom. The highest BCUT2D eigenvalue weighted by Crippen LogP contribution is 2.28. The molecule has 0 spiro atoms. The third kappa shape index (κ3) is 4.79. The van der Waals surface area contributed by atoms with Gasteiger partial charge >= 0.3 is 0 Å². The predicted octanol–water partition coefficient (Wildman–Crippen LogP) is 3.33. The first-order valence-corrected chi connectivity index (χ1v) is 10.4. The summed E-state index contributed by atoms with van der Waals surface area (Å²) in [6.45, 7) is 1.92. The van der Waals surface area contributed by atoms with Gasteiger partial charge in [-0.05, 0) is 49.1 Å². The van der Waals surface area contributed by atoms with Gasteiger partial charge in [-0.2, -0.15) is 0 Å². The van der Waals surface area contributed by atoms with Crippen molar-refractivity contribution in [3.63, 3.8) is 0 Å². The van der Waals surface area contributed by atoms with Crippen molar-refractivity contribution in [1.29, 1.82) is 0 Å². The Kier molecular flexibility index (Phi) is 5.92. The smallest absolute Gasteiger partial charge is 0.241 e. The first kappa shape index (κ1) is 19.2. The van der Waals surface area contributed by atoms with Crippen LogP contribution >= 0.6 is 23.2 Å². The fourth-order valence-electron chi connectivity index (χ4n) is 2.98. The molecule has 6 nitrogen and oxygen atoms in total. The summed E-state index contributed by atoms with van der Waals surface area (Å²) in [6, 6.07) is 8.17. The Hall–Kier alpha value is -1.54. The summed E-state index contributed by atoms with van der Waals surface area (Å²) in [6.07, 6.45) is 3.28. The lowest BCUT2D eigenvalue weighted by molar-refractivity contribution is 0.222. The van der Waals surface area contributed by atoms with Gasteiger partial charge in [0.25, 0.3) is 0 Å². The summed E-state index contributed by atoms with van der Waals surface area (Å²) in [7, 11) is -3.80. The maximum absolute atomic E-state index is 11.7. The molecule has 2 heterocycles. The minimum atomic E-state index is -3.80.